The van der Waals surface area contributed by atoms with Gasteiger partial charge in [-0.05, 0) is 25.5 Å². The summed E-state index contributed by atoms with van der Waals surface area (Å²) in [5.41, 5.74) is -1.39. The van der Waals surface area contributed by atoms with Crippen molar-refractivity contribution >= 4 is 45.2 Å². The summed E-state index contributed by atoms with van der Waals surface area (Å²) in [6, 6.07) is 6.32. The Morgan fingerprint density at radius 3 is 2.52 bits per heavy atom. The van der Waals surface area contributed by atoms with Gasteiger partial charge >= 0.3 is 5.97 Å². The van der Waals surface area contributed by atoms with Crippen LogP contribution in [-0.2, 0) is 29.6 Å². The summed E-state index contributed by atoms with van der Waals surface area (Å²) in [5, 5.41) is 3.76. The molecule has 1 aliphatic heterocycles. The number of rotatable bonds is 6. The third-order valence-electron chi connectivity index (χ3n) is 3.50. The standard InChI is InChI=1S/C17H17BrClNO5/c1-10-15(24-11(2)21)16(23)17(25-10,20-14(22)4-3-9-18)12-5-7-13(19)8-6-12/h5-8H,3-4,9H2,1-2H3,(H,20,22). The lowest BCUT2D eigenvalue weighted by Crippen LogP contribution is -2.51. The molecule has 0 fully saturated rings. The van der Waals surface area contributed by atoms with Gasteiger partial charge in [-0.25, -0.2) is 0 Å². The van der Waals surface area contributed by atoms with Gasteiger partial charge in [0.1, 0.15) is 5.76 Å². The molecule has 1 aromatic rings. The van der Waals surface area contributed by atoms with Crippen LogP contribution in [0.5, 0.6) is 0 Å². The second kappa shape index (κ2) is 8.01. The van der Waals surface area contributed by atoms with Crippen LogP contribution in [0.4, 0.5) is 0 Å². The Hall–Kier alpha value is -1.86. The fraction of sp³-hybridized carbons (Fsp3) is 0.353. The first-order valence-electron chi connectivity index (χ1n) is 7.56. The van der Waals surface area contributed by atoms with E-state index in [4.69, 9.17) is 21.1 Å². The maximum atomic E-state index is 13.0. The number of amides is 1. The molecule has 1 aliphatic rings. The third kappa shape index (κ3) is 4.22. The van der Waals surface area contributed by atoms with Crippen molar-refractivity contribution in [3.05, 3.63) is 46.4 Å². The number of alkyl halides is 1. The summed E-state index contributed by atoms with van der Waals surface area (Å²) in [6.07, 6.45) is 0.805. The third-order valence-corrected chi connectivity index (χ3v) is 4.31. The van der Waals surface area contributed by atoms with E-state index in [1.54, 1.807) is 24.3 Å². The van der Waals surface area contributed by atoms with Crippen molar-refractivity contribution < 1.29 is 23.9 Å². The molecule has 134 valence electrons. The maximum absolute atomic E-state index is 13.0. The Balaban J connectivity index is 2.41. The van der Waals surface area contributed by atoms with Crippen molar-refractivity contribution in [1.29, 1.82) is 0 Å². The lowest BCUT2D eigenvalue weighted by atomic mass is 9.97. The number of allylic oxidation sites excluding steroid dienone is 1. The summed E-state index contributed by atoms with van der Waals surface area (Å²) >= 11 is 9.16. The highest BCUT2D eigenvalue weighted by Gasteiger charge is 2.52. The van der Waals surface area contributed by atoms with Crippen LogP contribution in [0.15, 0.2) is 35.8 Å². The Morgan fingerprint density at radius 2 is 1.96 bits per heavy atom. The molecule has 1 N–H and O–H groups in total. The van der Waals surface area contributed by atoms with E-state index < -0.39 is 17.5 Å². The van der Waals surface area contributed by atoms with Crippen LogP contribution in [0.25, 0.3) is 0 Å². The van der Waals surface area contributed by atoms with E-state index >= 15 is 0 Å². The second-order valence-corrected chi connectivity index (χ2v) is 6.67. The number of ketones is 1. The van der Waals surface area contributed by atoms with Crippen molar-refractivity contribution in [2.24, 2.45) is 0 Å². The number of carbonyl (C=O) groups is 3. The average Bonchev–Trinajstić information content (AvgIpc) is 2.78. The minimum Gasteiger partial charge on any atom is -0.456 e. The molecule has 1 heterocycles. The number of esters is 1. The largest absolute Gasteiger partial charge is 0.456 e. The van der Waals surface area contributed by atoms with Crippen molar-refractivity contribution in [2.75, 3.05) is 5.33 Å². The Labute approximate surface area is 158 Å². The Kier molecular flexibility index (Phi) is 6.24. The summed E-state index contributed by atoms with van der Waals surface area (Å²) in [6.45, 7) is 2.68. The number of hydrogen-bond donors (Lipinski definition) is 1. The van der Waals surface area contributed by atoms with Crippen molar-refractivity contribution in [3.63, 3.8) is 0 Å². The molecule has 1 aromatic carbocycles. The smallest absolute Gasteiger partial charge is 0.308 e. The van der Waals surface area contributed by atoms with Gasteiger partial charge in [0.15, 0.2) is 0 Å². The first-order chi connectivity index (χ1) is 11.8. The molecular weight excluding hydrogens is 414 g/mol. The van der Waals surface area contributed by atoms with Gasteiger partial charge < -0.3 is 14.8 Å². The highest BCUT2D eigenvalue weighted by Crippen LogP contribution is 2.38. The number of nitrogens with one attached hydrogen (secondary N) is 1. The van der Waals surface area contributed by atoms with Crippen LogP contribution < -0.4 is 5.32 Å². The molecule has 0 radical (unpaired) electrons. The van der Waals surface area contributed by atoms with E-state index in [0.29, 0.717) is 22.3 Å². The van der Waals surface area contributed by atoms with E-state index in [-0.39, 0.29) is 23.8 Å². The topological polar surface area (TPSA) is 81.7 Å². The van der Waals surface area contributed by atoms with E-state index in [1.165, 1.54) is 13.8 Å². The second-order valence-electron chi connectivity index (χ2n) is 5.44. The fourth-order valence-corrected chi connectivity index (χ4v) is 2.83. The van der Waals surface area contributed by atoms with Gasteiger partial charge in [-0.2, -0.15) is 0 Å². The van der Waals surface area contributed by atoms with Crippen LogP contribution in [0.1, 0.15) is 32.3 Å². The SMILES string of the molecule is CC(=O)OC1=C(C)OC(NC(=O)CCCBr)(c2ccc(Cl)cc2)C1=O. The van der Waals surface area contributed by atoms with Crippen LogP contribution in [0.3, 0.4) is 0 Å². The molecule has 0 aromatic heterocycles. The van der Waals surface area contributed by atoms with Gasteiger partial charge in [0.05, 0.1) is 0 Å². The zero-order chi connectivity index (χ0) is 18.6. The Morgan fingerprint density at radius 1 is 1.32 bits per heavy atom. The van der Waals surface area contributed by atoms with Crippen molar-refractivity contribution in [1.82, 2.24) is 5.32 Å². The van der Waals surface area contributed by atoms with E-state index in [9.17, 15) is 14.4 Å². The zero-order valence-electron chi connectivity index (χ0n) is 13.7. The van der Waals surface area contributed by atoms with Crippen LogP contribution in [-0.4, -0.2) is 23.0 Å². The lowest BCUT2D eigenvalue weighted by molar-refractivity contribution is -0.147. The van der Waals surface area contributed by atoms with Crippen molar-refractivity contribution in [2.45, 2.75) is 32.4 Å². The molecule has 6 nitrogen and oxygen atoms in total. The van der Waals surface area contributed by atoms with E-state index in [2.05, 4.69) is 21.2 Å². The molecule has 2 rings (SSSR count). The molecule has 0 saturated carbocycles. The summed E-state index contributed by atoms with van der Waals surface area (Å²) in [5.74, 6) is -1.75. The highest BCUT2D eigenvalue weighted by molar-refractivity contribution is 9.09. The van der Waals surface area contributed by atoms with Crippen LogP contribution in [0, 0.1) is 0 Å². The minimum absolute atomic E-state index is 0.121. The van der Waals surface area contributed by atoms with Gasteiger partial charge in [0.25, 0.3) is 11.5 Å². The van der Waals surface area contributed by atoms with Gasteiger partial charge in [0.2, 0.25) is 11.7 Å². The number of hydrogen-bond acceptors (Lipinski definition) is 5. The predicted molar refractivity (Wildman–Crippen MR) is 94.9 cm³/mol. The number of benzene rings is 1. The zero-order valence-corrected chi connectivity index (χ0v) is 16.1. The Bertz CT molecular complexity index is 731. The number of Topliss-reactive ketones (excluding diaryl/α,β-unsaturated/α-hetero) is 1. The van der Waals surface area contributed by atoms with Crippen LogP contribution in [0.2, 0.25) is 5.02 Å². The number of ether oxygens (including phenoxy) is 2. The molecule has 1 atom stereocenters. The quantitative estimate of drug-likeness (QED) is 0.554. The lowest BCUT2D eigenvalue weighted by Gasteiger charge is -2.29. The normalized spacial score (nSPS) is 19.6. The summed E-state index contributed by atoms with van der Waals surface area (Å²) < 4.78 is 10.7. The van der Waals surface area contributed by atoms with E-state index in [0.717, 1.165) is 0 Å². The molecule has 1 amide bonds. The molecule has 0 spiro atoms. The van der Waals surface area contributed by atoms with Crippen molar-refractivity contribution in [3.8, 4) is 0 Å². The van der Waals surface area contributed by atoms with E-state index in [1.807, 2.05) is 0 Å². The number of carbonyl (C=O) groups excluding carboxylic acids is 3. The minimum atomic E-state index is -1.77. The first kappa shape index (κ1) is 19.5. The molecule has 0 aliphatic carbocycles. The summed E-state index contributed by atoms with van der Waals surface area (Å²) in [4.78, 5) is 36.5. The van der Waals surface area contributed by atoms with Gasteiger partial charge in [0, 0.05) is 29.3 Å². The van der Waals surface area contributed by atoms with Crippen LogP contribution >= 0.6 is 27.5 Å². The molecule has 8 heteroatoms. The molecular formula is C17H17BrClNO5. The highest BCUT2D eigenvalue weighted by atomic mass is 79.9. The predicted octanol–water partition coefficient (Wildman–Crippen LogP) is 3.18. The number of halogens is 2. The van der Waals surface area contributed by atoms with Gasteiger partial charge in [-0.3, -0.25) is 14.4 Å². The van der Waals surface area contributed by atoms with Gasteiger partial charge in [-0.1, -0.05) is 39.7 Å². The molecule has 25 heavy (non-hydrogen) atoms. The molecule has 0 bridgehead atoms. The fourth-order valence-electron chi connectivity index (χ4n) is 2.42. The first-order valence-corrected chi connectivity index (χ1v) is 9.06. The van der Waals surface area contributed by atoms with Gasteiger partial charge in [-0.15, -0.1) is 0 Å². The molecule has 0 saturated heterocycles. The summed E-state index contributed by atoms with van der Waals surface area (Å²) in [7, 11) is 0. The monoisotopic (exact) mass is 429 g/mol. The average molecular weight is 431 g/mol. The molecule has 1 unspecified atom stereocenters. The maximum Gasteiger partial charge on any atom is 0.308 e.